The van der Waals surface area contributed by atoms with Gasteiger partial charge in [-0.05, 0) is 13.8 Å². The molecule has 0 aromatic rings. The van der Waals surface area contributed by atoms with Crippen LogP contribution in [0.2, 0.25) is 0 Å². The number of morpholine rings is 1. The van der Waals surface area contributed by atoms with E-state index in [1.165, 1.54) is 0 Å². The van der Waals surface area contributed by atoms with Crippen molar-refractivity contribution in [1.29, 1.82) is 0 Å². The monoisotopic (exact) mass is 266 g/mol. The van der Waals surface area contributed by atoms with Crippen molar-refractivity contribution < 1.29 is 9.53 Å². The second-order valence-corrected chi connectivity index (χ2v) is 5.30. The Bertz CT molecular complexity index is 239. The highest BCUT2D eigenvalue weighted by atomic mass is 35.5. The quantitative estimate of drug-likeness (QED) is 0.759. The summed E-state index contributed by atoms with van der Waals surface area (Å²) in [5.74, 6) is 2.03. The molecule has 0 radical (unpaired) electrons. The van der Waals surface area contributed by atoms with Crippen molar-refractivity contribution in [2.45, 2.75) is 32.1 Å². The standard InChI is InChI=1S/C10H18N2O2S.ClH/c1-7-3-12(4-8(2)14-7)10(13)9-5-15-6-11-9;/h7-9,11H,3-6H2,1-2H3;1H/t7?,8?,9-;/m1./s1. The number of halogens is 1. The highest BCUT2D eigenvalue weighted by Gasteiger charge is 2.31. The van der Waals surface area contributed by atoms with Crippen LogP contribution in [0.3, 0.4) is 0 Å². The SMILES string of the molecule is CC1CN(C(=O)[C@H]2CSCN2)CC(C)O1.Cl. The minimum Gasteiger partial charge on any atom is -0.372 e. The Morgan fingerprint density at radius 3 is 2.50 bits per heavy atom. The van der Waals surface area contributed by atoms with Gasteiger partial charge < -0.3 is 9.64 Å². The van der Waals surface area contributed by atoms with Gasteiger partial charge in [-0.15, -0.1) is 24.2 Å². The zero-order chi connectivity index (χ0) is 10.8. The Balaban J connectivity index is 0.00000128. The summed E-state index contributed by atoms with van der Waals surface area (Å²) in [6.45, 7) is 5.50. The molecule has 4 nitrogen and oxygen atoms in total. The molecule has 16 heavy (non-hydrogen) atoms. The van der Waals surface area contributed by atoms with Crippen LogP contribution < -0.4 is 5.32 Å². The third-order valence-corrected chi connectivity index (χ3v) is 3.69. The van der Waals surface area contributed by atoms with Crippen LogP contribution in [-0.4, -0.2) is 53.8 Å². The Labute approximate surface area is 107 Å². The molecular weight excluding hydrogens is 248 g/mol. The normalized spacial score (nSPS) is 34.6. The van der Waals surface area contributed by atoms with Gasteiger partial charge in [-0.1, -0.05) is 0 Å². The van der Waals surface area contributed by atoms with E-state index < -0.39 is 0 Å². The van der Waals surface area contributed by atoms with Gasteiger partial charge in [0.1, 0.15) is 0 Å². The van der Waals surface area contributed by atoms with Crippen molar-refractivity contribution in [2.75, 3.05) is 24.7 Å². The molecule has 2 rings (SSSR count). The molecule has 0 spiro atoms. The lowest BCUT2D eigenvalue weighted by Crippen LogP contribution is -2.53. The lowest BCUT2D eigenvalue weighted by molar-refractivity contribution is -0.144. The number of ether oxygens (including phenoxy) is 1. The van der Waals surface area contributed by atoms with Gasteiger partial charge in [0.25, 0.3) is 0 Å². The second kappa shape index (κ2) is 6.10. The molecule has 2 saturated heterocycles. The Morgan fingerprint density at radius 1 is 1.38 bits per heavy atom. The van der Waals surface area contributed by atoms with Crippen LogP contribution in [0.1, 0.15) is 13.8 Å². The molecule has 2 aliphatic heterocycles. The summed E-state index contributed by atoms with van der Waals surface area (Å²) in [4.78, 5) is 14.0. The molecule has 2 aliphatic rings. The third-order valence-electron chi connectivity index (χ3n) is 2.75. The van der Waals surface area contributed by atoms with Crippen LogP contribution in [0, 0.1) is 0 Å². The molecule has 2 heterocycles. The molecule has 1 N–H and O–H groups in total. The molecule has 0 aromatic carbocycles. The van der Waals surface area contributed by atoms with Gasteiger partial charge in [0.05, 0.1) is 18.2 Å². The average Bonchev–Trinajstić information content (AvgIpc) is 2.67. The van der Waals surface area contributed by atoms with Crippen LogP contribution in [0.4, 0.5) is 0 Å². The number of nitrogens with zero attached hydrogens (tertiary/aromatic N) is 1. The largest absolute Gasteiger partial charge is 0.372 e. The molecule has 2 unspecified atom stereocenters. The first-order chi connectivity index (χ1) is 7.16. The smallest absolute Gasteiger partial charge is 0.240 e. The maximum Gasteiger partial charge on any atom is 0.240 e. The van der Waals surface area contributed by atoms with Crippen molar-refractivity contribution in [2.24, 2.45) is 0 Å². The maximum atomic E-state index is 12.1. The van der Waals surface area contributed by atoms with E-state index in [0.29, 0.717) is 0 Å². The van der Waals surface area contributed by atoms with E-state index in [9.17, 15) is 4.79 Å². The number of hydrogen-bond donors (Lipinski definition) is 1. The van der Waals surface area contributed by atoms with Crippen molar-refractivity contribution >= 4 is 30.1 Å². The number of carbonyl (C=O) groups excluding carboxylic acids is 1. The molecule has 94 valence electrons. The number of rotatable bonds is 1. The van der Waals surface area contributed by atoms with E-state index in [2.05, 4.69) is 5.32 Å². The molecule has 1 amide bonds. The van der Waals surface area contributed by atoms with Gasteiger partial charge in [-0.3, -0.25) is 10.1 Å². The Kier molecular flexibility index (Phi) is 5.37. The highest BCUT2D eigenvalue weighted by Crippen LogP contribution is 2.16. The maximum absolute atomic E-state index is 12.1. The van der Waals surface area contributed by atoms with Crippen molar-refractivity contribution in [1.82, 2.24) is 10.2 Å². The van der Waals surface area contributed by atoms with Crippen LogP contribution >= 0.6 is 24.2 Å². The Morgan fingerprint density at radius 2 is 2.00 bits per heavy atom. The molecule has 0 aromatic heterocycles. The summed E-state index contributed by atoms with van der Waals surface area (Å²) in [6.07, 6.45) is 0.318. The average molecular weight is 267 g/mol. The van der Waals surface area contributed by atoms with Crippen LogP contribution in [-0.2, 0) is 9.53 Å². The predicted molar refractivity (Wildman–Crippen MR) is 68.1 cm³/mol. The first kappa shape index (κ1) is 14.1. The third kappa shape index (κ3) is 3.26. The van der Waals surface area contributed by atoms with Crippen LogP contribution in [0.5, 0.6) is 0 Å². The van der Waals surface area contributed by atoms with Crippen molar-refractivity contribution in [3.05, 3.63) is 0 Å². The molecular formula is C10H19ClN2O2S. The van der Waals surface area contributed by atoms with Gasteiger partial charge in [0.2, 0.25) is 5.91 Å². The molecule has 6 heteroatoms. The van der Waals surface area contributed by atoms with Crippen molar-refractivity contribution in [3.8, 4) is 0 Å². The van der Waals surface area contributed by atoms with E-state index in [4.69, 9.17) is 4.74 Å². The van der Waals surface area contributed by atoms with Gasteiger partial charge in [0, 0.05) is 24.7 Å². The number of carbonyl (C=O) groups is 1. The zero-order valence-electron chi connectivity index (χ0n) is 9.64. The number of nitrogens with one attached hydrogen (secondary N) is 1. The lowest BCUT2D eigenvalue weighted by Gasteiger charge is -2.36. The minimum absolute atomic E-state index is 0. The fourth-order valence-corrected chi connectivity index (χ4v) is 3.07. The van der Waals surface area contributed by atoms with E-state index in [0.717, 1.165) is 24.7 Å². The van der Waals surface area contributed by atoms with Gasteiger partial charge in [-0.25, -0.2) is 0 Å². The van der Waals surface area contributed by atoms with Gasteiger partial charge >= 0.3 is 0 Å². The van der Waals surface area contributed by atoms with E-state index in [1.807, 2.05) is 18.7 Å². The van der Waals surface area contributed by atoms with Crippen molar-refractivity contribution in [3.63, 3.8) is 0 Å². The molecule has 2 fully saturated rings. The summed E-state index contributed by atoms with van der Waals surface area (Å²) < 4.78 is 5.61. The van der Waals surface area contributed by atoms with E-state index in [1.54, 1.807) is 11.8 Å². The summed E-state index contributed by atoms with van der Waals surface area (Å²) in [5, 5.41) is 3.21. The number of hydrogen-bond acceptors (Lipinski definition) is 4. The van der Waals surface area contributed by atoms with Crippen LogP contribution in [0.15, 0.2) is 0 Å². The van der Waals surface area contributed by atoms with Gasteiger partial charge in [-0.2, -0.15) is 0 Å². The summed E-state index contributed by atoms with van der Waals surface area (Å²) >= 11 is 1.79. The number of amides is 1. The second-order valence-electron chi connectivity index (χ2n) is 4.27. The first-order valence-corrected chi connectivity index (χ1v) is 6.57. The van der Waals surface area contributed by atoms with E-state index in [-0.39, 0.29) is 36.6 Å². The fraction of sp³-hybridized carbons (Fsp3) is 0.900. The van der Waals surface area contributed by atoms with Crippen LogP contribution in [0.25, 0.3) is 0 Å². The molecule has 0 aliphatic carbocycles. The number of thioether (sulfide) groups is 1. The molecule has 3 atom stereocenters. The zero-order valence-corrected chi connectivity index (χ0v) is 11.3. The molecule has 0 bridgehead atoms. The summed E-state index contributed by atoms with van der Waals surface area (Å²) in [7, 11) is 0. The topological polar surface area (TPSA) is 41.6 Å². The summed E-state index contributed by atoms with van der Waals surface area (Å²) in [6, 6.07) is 0.0208. The fourth-order valence-electron chi connectivity index (χ4n) is 2.13. The lowest BCUT2D eigenvalue weighted by atomic mass is 10.2. The first-order valence-electron chi connectivity index (χ1n) is 5.42. The predicted octanol–water partition coefficient (Wildman–Crippen LogP) is 0.706. The minimum atomic E-state index is 0. The highest BCUT2D eigenvalue weighted by molar-refractivity contribution is 7.99. The molecule has 0 saturated carbocycles. The summed E-state index contributed by atoms with van der Waals surface area (Å²) in [5.41, 5.74) is 0. The van der Waals surface area contributed by atoms with Gasteiger partial charge in [0.15, 0.2) is 0 Å². The Hall–Kier alpha value is 0.0300. The van der Waals surface area contributed by atoms with E-state index >= 15 is 0 Å².